The van der Waals surface area contributed by atoms with E-state index in [0.717, 1.165) is 5.56 Å². The van der Waals surface area contributed by atoms with Crippen molar-refractivity contribution >= 4 is 40.0 Å². The average molecular weight is 520 g/mol. The number of allylic oxidation sites excluding steroid dienone is 2. The molecule has 0 atom stereocenters. The minimum atomic E-state index is -0.608. The van der Waals surface area contributed by atoms with E-state index in [1.165, 1.54) is 19.4 Å². The maximum Gasteiger partial charge on any atom is 0.287 e. The van der Waals surface area contributed by atoms with Crippen LogP contribution in [0.1, 0.15) is 21.5 Å². The standard InChI is InChI=1S/C26H22BrN3O4/c1-34-23-16-19(15-21(27)24(23)31)17-28-30-26(33)22(14-8-11-18-9-4-2-5-10-18)29-25(32)20-12-6-3-7-13-20/h2-17,31H,1H3,(H,29,32)(H,30,33)/b11-8+,22-14+,28-17-. The lowest BCUT2D eigenvalue weighted by Crippen LogP contribution is -2.32. The van der Waals surface area contributed by atoms with E-state index in [1.807, 2.05) is 36.4 Å². The molecule has 172 valence electrons. The van der Waals surface area contributed by atoms with Crippen LogP contribution in [-0.2, 0) is 4.79 Å². The molecule has 7 nitrogen and oxygen atoms in total. The van der Waals surface area contributed by atoms with Gasteiger partial charge >= 0.3 is 0 Å². The summed E-state index contributed by atoms with van der Waals surface area (Å²) in [4.78, 5) is 25.4. The summed E-state index contributed by atoms with van der Waals surface area (Å²) in [5.41, 5.74) is 4.35. The first-order valence-corrected chi connectivity index (χ1v) is 11.0. The molecule has 0 aliphatic carbocycles. The summed E-state index contributed by atoms with van der Waals surface area (Å²) in [5.74, 6) is -0.819. The second-order valence-electron chi connectivity index (χ2n) is 6.92. The highest BCUT2D eigenvalue weighted by molar-refractivity contribution is 9.10. The van der Waals surface area contributed by atoms with Gasteiger partial charge in [0.15, 0.2) is 11.5 Å². The molecule has 0 radical (unpaired) electrons. The Hall–Kier alpha value is -4.17. The van der Waals surface area contributed by atoms with Gasteiger partial charge in [0, 0.05) is 5.56 Å². The first kappa shape index (κ1) is 24.5. The Kier molecular flexibility index (Phi) is 8.76. The van der Waals surface area contributed by atoms with Crippen molar-refractivity contribution in [3.63, 3.8) is 0 Å². The number of hydrogen-bond donors (Lipinski definition) is 3. The number of aromatic hydroxyl groups is 1. The van der Waals surface area contributed by atoms with Crippen molar-refractivity contribution < 1.29 is 19.4 Å². The van der Waals surface area contributed by atoms with Gasteiger partial charge in [-0.2, -0.15) is 5.10 Å². The Morgan fingerprint density at radius 2 is 1.68 bits per heavy atom. The second-order valence-corrected chi connectivity index (χ2v) is 7.78. The van der Waals surface area contributed by atoms with Gasteiger partial charge in [0.1, 0.15) is 5.70 Å². The van der Waals surface area contributed by atoms with Crippen LogP contribution in [0.15, 0.2) is 100 Å². The number of halogens is 1. The molecule has 3 N–H and O–H groups in total. The number of methoxy groups -OCH3 is 1. The highest BCUT2D eigenvalue weighted by Gasteiger charge is 2.13. The summed E-state index contributed by atoms with van der Waals surface area (Å²) < 4.78 is 5.52. The van der Waals surface area contributed by atoms with Crippen molar-refractivity contribution in [3.8, 4) is 11.5 Å². The van der Waals surface area contributed by atoms with Crippen molar-refractivity contribution in [1.82, 2.24) is 10.7 Å². The third kappa shape index (κ3) is 6.91. The number of benzene rings is 3. The SMILES string of the molecule is COc1cc(/C=N\NC(=O)/C(=C\C=C\c2ccccc2)NC(=O)c2ccccc2)cc(Br)c1O. The fraction of sp³-hybridized carbons (Fsp3) is 0.0385. The molecule has 2 amide bonds. The molecule has 3 aromatic rings. The first-order chi connectivity index (χ1) is 16.5. The number of carbonyl (C=O) groups is 2. The summed E-state index contributed by atoms with van der Waals surface area (Å²) in [7, 11) is 1.43. The fourth-order valence-electron chi connectivity index (χ4n) is 2.83. The molecule has 0 aliphatic rings. The molecule has 0 bridgehead atoms. The largest absolute Gasteiger partial charge is 0.503 e. The Morgan fingerprint density at radius 3 is 2.35 bits per heavy atom. The molecule has 34 heavy (non-hydrogen) atoms. The lowest BCUT2D eigenvalue weighted by atomic mass is 10.2. The number of rotatable bonds is 8. The number of ether oxygens (including phenoxy) is 1. The van der Waals surface area contributed by atoms with Crippen LogP contribution in [0.5, 0.6) is 11.5 Å². The maximum atomic E-state index is 12.8. The van der Waals surface area contributed by atoms with E-state index in [0.29, 0.717) is 15.6 Å². The number of phenols is 1. The van der Waals surface area contributed by atoms with Gasteiger partial charge < -0.3 is 15.2 Å². The van der Waals surface area contributed by atoms with E-state index in [2.05, 4.69) is 31.8 Å². The van der Waals surface area contributed by atoms with Crippen LogP contribution in [0, 0.1) is 0 Å². The summed E-state index contributed by atoms with van der Waals surface area (Å²) in [6, 6.07) is 21.3. The van der Waals surface area contributed by atoms with E-state index >= 15 is 0 Å². The predicted octanol–water partition coefficient (Wildman–Crippen LogP) is 4.64. The maximum absolute atomic E-state index is 12.8. The highest BCUT2D eigenvalue weighted by atomic mass is 79.9. The fourth-order valence-corrected chi connectivity index (χ4v) is 3.29. The molecule has 0 saturated heterocycles. The third-order valence-corrected chi connectivity index (χ3v) is 5.13. The molecular formula is C26H22BrN3O4. The van der Waals surface area contributed by atoms with Crippen molar-refractivity contribution in [2.75, 3.05) is 7.11 Å². The van der Waals surface area contributed by atoms with Gasteiger partial charge in [-0.25, -0.2) is 5.43 Å². The van der Waals surface area contributed by atoms with Crippen molar-refractivity contribution in [1.29, 1.82) is 0 Å². The first-order valence-electron chi connectivity index (χ1n) is 10.2. The Bertz CT molecular complexity index is 1240. The van der Waals surface area contributed by atoms with E-state index in [1.54, 1.807) is 48.5 Å². The van der Waals surface area contributed by atoms with Crippen molar-refractivity contribution in [2.45, 2.75) is 0 Å². The van der Waals surface area contributed by atoms with Crippen molar-refractivity contribution in [2.24, 2.45) is 5.10 Å². The molecule has 8 heteroatoms. The van der Waals surface area contributed by atoms with Gasteiger partial charge in [0.05, 0.1) is 17.8 Å². The van der Waals surface area contributed by atoms with Gasteiger partial charge in [-0.3, -0.25) is 9.59 Å². The molecular weight excluding hydrogens is 498 g/mol. The monoisotopic (exact) mass is 519 g/mol. The van der Waals surface area contributed by atoms with E-state index < -0.39 is 11.8 Å². The normalized spacial score (nSPS) is 11.5. The van der Waals surface area contributed by atoms with Gasteiger partial charge in [0.2, 0.25) is 0 Å². The van der Waals surface area contributed by atoms with Crippen LogP contribution in [-0.4, -0.2) is 30.2 Å². The Morgan fingerprint density at radius 1 is 1.00 bits per heavy atom. The van der Waals surface area contributed by atoms with E-state index in [-0.39, 0.29) is 17.2 Å². The Balaban J connectivity index is 1.77. The molecule has 0 spiro atoms. The zero-order valence-corrected chi connectivity index (χ0v) is 19.8. The molecule has 0 aliphatic heterocycles. The number of carbonyl (C=O) groups excluding carboxylic acids is 2. The molecule has 0 saturated carbocycles. The number of hydrazone groups is 1. The number of amides is 2. The predicted molar refractivity (Wildman–Crippen MR) is 136 cm³/mol. The number of hydrogen-bond acceptors (Lipinski definition) is 5. The summed E-state index contributed by atoms with van der Waals surface area (Å²) in [5, 5.41) is 16.5. The zero-order valence-electron chi connectivity index (χ0n) is 18.2. The second kappa shape index (κ2) is 12.2. The van der Waals surface area contributed by atoms with Gasteiger partial charge in [-0.1, -0.05) is 60.7 Å². The van der Waals surface area contributed by atoms with Crippen LogP contribution in [0.4, 0.5) is 0 Å². The smallest absolute Gasteiger partial charge is 0.287 e. The van der Waals surface area contributed by atoms with Crippen LogP contribution in [0.2, 0.25) is 0 Å². The number of nitrogens with one attached hydrogen (secondary N) is 2. The van der Waals surface area contributed by atoms with Crippen LogP contribution in [0.25, 0.3) is 6.08 Å². The van der Waals surface area contributed by atoms with Crippen LogP contribution in [0.3, 0.4) is 0 Å². The lowest BCUT2D eigenvalue weighted by molar-refractivity contribution is -0.117. The van der Waals surface area contributed by atoms with Gasteiger partial charge in [-0.05, 0) is 57.4 Å². The third-order valence-electron chi connectivity index (χ3n) is 4.53. The Labute approximate surface area is 205 Å². The summed E-state index contributed by atoms with van der Waals surface area (Å²) in [6.07, 6.45) is 6.37. The molecule has 3 rings (SSSR count). The zero-order chi connectivity index (χ0) is 24.3. The number of nitrogens with zero attached hydrogens (tertiary/aromatic N) is 1. The van der Waals surface area contributed by atoms with Gasteiger partial charge in [0.25, 0.3) is 11.8 Å². The highest BCUT2D eigenvalue weighted by Crippen LogP contribution is 2.34. The molecule has 0 heterocycles. The lowest BCUT2D eigenvalue weighted by Gasteiger charge is -2.08. The molecule has 3 aromatic carbocycles. The van der Waals surface area contributed by atoms with Crippen molar-refractivity contribution in [3.05, 3.63) is 112 Å². The quantitative estimate of drug-likeness (QED) is 0.174. The summed E-state index contributed by atoms with van der Waals surface area (Å²) in [6.45, 7) is 0. The molecule has 0 fully saturated rings. The van der Waals surface area contributed by atoms with E-state index in [9.17, 15) is 14.7 Å². The van der Waals surface area contributed by atoms with Crippen LogP contribution >= 0.6 is 15.9 Å². The molecule has 0 aromatic heterocycles. The number of phenolic OH excluding ortho intramolecular Hbond substituents is 1. The molecule has 0 unspecified atom stereocenters. The minimum Gasteiger partial charge on any atom is -0.503 e. The topological polar surface area (TPSA) is 100 Å². The average Bonchev–Trinajstić information content (AvgIpc) is 2.86. The van der Waals surface area contributed by atoms with Crippen LogP contribution < -0.4 is 15.5 Å². The van der Waals surface area contributed by atoms with Gasteiger partial charge in [-0.15, -0.1) is 0 Å². The summed E-state index contributed by atoms with van der Waals surface area (Å²) >= 11 is 3.24. The minimum absolute atomic E-state index is 0.0163. The van der Waals surface area contributed by atoms with E-state index in [4.69, 9.17) is 4.74 Å².